The van der Waals surface area contributed by atoms with Gasteiger partial charge in [0.15, 0.2) is 5.82 Å². The molecular weight excluding hydrogens is 687 g/mol. The van der Waals surface area contributed by atoms with E-state index in [2.05, 4.69) is 126 Å². The maximum absolute atomic E-state index is 9.63. The van der Waals surface area contributed by atoms with Crippen molar-refractivity contribution in [1.29, 1.82) is 10.5 Å². The maximum Gasteiger partial charge on any atom is 0.236 e. The molecule has 272 valence electrons. The molecule has 0 aliphatic heterocycles. The van der Waals surface area contributed by atoms with Gasteiger partial charge in [-0.05, 0) is 93.9 Å². The van der Waals surface area contributed by atoms with Crippen molar-refractivity contribution in [3.63, 3.8) is 0 Å². The molecule has 0 N–H and O–H groups in total. The van der Waals surface area contributed by atoms with Crippen LogP contribution in [0.1, 0.15) is 44.4 Å². The third-order valence-corrected chi connectivity index (χ3v) is 10.1. The van der Waals surface area contributed by atoms with Crippen LogP contribution < -0.4 is 26.5 Å². The van der Waals surface area contributed by atoms with Crippen LogP contribution in [-0.4, -0.2) is 26.1 Å². The minimum atomic E-state index is -0.0885. The summed E-state index contributed by atoms with van der Waals surface area (Å²) in [6, 6.07) is 33.7. The molecule has 0 fully saturated rings. The number of hydrogen-bond donors (Lipinski definition) is 0. The van der Waals surface area contributed by atoms with Gasteiger partial charge in [-0.15, -0.1) is 0 Å². The number of rotatable bonds is 9. The zero-order valence-electron chi connectivity index (χ0n) is 31.9. The molecule has 7 nitrogen and oxygen atoms in total. The van der Waals surface area contributed by atoms with Crippen LogP contribution in [0.4, 0.5) is 0 Å². The average Bonchev–Trinajstić information content (AvgIpc) is 3.23. The molecule has 0 atom stereocenters. The molecule has 0 aliphatic carbocycles. The highest BCUT2D eigenvalue weighted by Gasteiger charge is 2.20. The second-order valence-corrected chi connectivity index (χ2v) is 13.3. The quantitative estimate of drug-likeness (QED) is 0.145. The Morgan fingerprint density at radius 1 is 0.696 bits per heavy atom. The predicted molar refractivity (Wildman–Crippen MR) is 230 cm³/mol. The molecular formula is C49H41N7. The number of nitriles is 2. The minimum absolute atomic E-state index is 0.0885. The fraction of sp³-hybridized carbons (Fsp3) is 0.143. The molecule has 5 aromatic carbocycles. The third kappa shape index (κ3) is 6.83. The zero-order chi connectivity index (χ0) is 39.2. The van der Waals surface area contributed by atoms with E-state index in [0.717, 1.165) is 89.5 Å². The van der Waals surface area contributed by atoms with E-state index in [1.165, 1.54) is 10.9 Å². The van der Waals surface area contributed by atoms with Gasteiger partial charge in [-0.1, -0.05) is 128 Å². The summed E-state index contributed by atoms with van der Waals surface area (Å²) in [7, 11) is 0. The lowest BCUT2D eigenvalue weighted by Gasteiger charge is -2.17. The highest BCUT2D eigenvalue weighted by molar-refractivity contribution is 6.21. The Kier molecular flexibility index (Phi) is 10.9. The molecule has 0 spiro atoms. The van der Waals surface area contributed by atoms with Crippen LogP contribution in [-0.2, 0) is 13.0 Å². The molecule has 0 saturated carbocycles. The van der Waals surface area contributed by atoms with E-state index in [1.807, 2.05) is 60.7 Å². The summed E-state index contributed by atoms with van der Waals surface area (Å²) < 4.78 is 2.35. The summed E-state index contributed by atoms with van der Waals surface area (Å²) in [6.45, 7) is 15.7. The molecule has 0 saturated heterocycles. The molecule has 56 heavy (non-hydrogen) atoms. The first-order chi connectivity index (χ1) is 27.5. The highest BCUT2D eigenvalue weighted by atomic mass is 15.0. The van der Waals surface area contributed by atoms with E-state index in [0.29, 0.717) is 12.4 Å². The average molecular weight is 728 g/mol. The standard InChI is InChI=1S/C49H41N7/c1-6-16-37-36(8-3)42(17-7-2)49(52-10-5)56(43(37)9-4)27-15-18-32-23-24-34-29-35(26-25-33(34)28-32)46-38-19-11-13-21-40(38)47(41-22-14-12-20-39(41)46)48-54-44(30-50)53-45(31-51)55-48/h6-9,11-14,16-17,19-26,28-29H,1-2,10,15,18,27H2,3-5H3. The molecule has 0 radical (unpaired) electrons. The first-order valence-corrected chi connectivity index (χ1v) is 18.8. The van der Waals surface area contributed by atoms with E-state index < -0.39 is 0 Å². The first-order valence-electron chi connectivity index (χ1n) is 18.8. The van der Waals surface area contributed by atoms with Crippen molar-refractivity contribution in [3.05, 3.63) is 154 Å². The van der Waals surface area contributed by atoms with Crippen molar-refractivity contribution in [3.8, 4) is 34.7 Å². The summed E-state index contributed by atoms with van der Waals surface area (Å²) in [5.41, 5.74) is 5.21. The van der Waals surface area contributed by atoms with Gasteiger partial charge in [0.2, 0.25) is 11.6 Å². The third-order valence-electron chi connectivity index (χ3n) is 10.1. The van der Waals surface area contributed by atoms with E-state index in [-0.39, 0.29) is 11.6 Å². The monoisotopic (exact) mass is 727 g/mol. The summed E-state index contributed by atoms with van der Waals surface area (Å²) in [6.07, 6.45) is 14.0. The minimum Gasteiger partial charge on any atom is -0.326 e. The van der Waals surface area contributed by atoms with E-state index >= 15 is 0 Å². The molecule has 7 aromatic rings. The lowest BCUT2D eigenvalue weighted by Crippen LogP contribution is -2.62. The molecule has 0 amide bonds. The summed E-state index contributed by atoms with van der Waals surface area (Å²) in [5, 5.41) is 30.0. The van der Waals surface area contributed by atoms with Crippen molar-refractivity contribution in [1.82, 2.24) is 19.5 Å². The summed E-state index contributed by atoms with van der Waals surface area (Å²) in [5.74, 6) is 0.128. The lowest BCUT2D eigenvalue weighted by atomic mass is 9.87. The molecule has 7 heteroatoms. The number of hydrogen-bond acceptors (Lipinski definition) is 6. The van der Waals surface area contributed by atoms with Crippen LogP contribution in [0.3, 0.4) is 0 Å². The van der Waals surface area contributed by atoms with Gasteiger partial charge in [0.1, 0.15) is 17.6 Å². The van der Waals surface area contributed by atoms with E-state index in [9.17, 15) is 10.5 Å². The molecule has 7 rings (SSSR count). The Balaban J connectivity index is 1.28. The van der Waals surface area contributed by atoms with Crippen molar-refractivity contribution in [2.75, 3.05) is 6.54 Å². The number of benzene rings is 5. The number of aryl methyl sites for hydroxylation is 1. The highest BCUT2D eigenvalue weighted by Crippen LogP contribution is 2.43. The van der Waals surface area contributed by atoms with Gasteiger partial charge < -0.3 is 4.57 Å². The largest absolute Gasteiger partial charge is 0.326 e. The second-order valence-electron chi connectivity index (χ2n) is 13.3. The topological polar surface area (TPSA) is 104 Å². The van der Waals surface area contributed by atoms with E-state index in [1.54, 1.807) is 0 Å². The number of nitrogens with zero attached hydrogens (tertiary/aromatic N) is 7. The fourth-order valence-electron chi connectivity index (χ4n) is 7.87. The first kappa shape index (κ1) is 37.1. The smallest absolute Gasteiger partial charge is 0.236 e. The predicted octanol–water partition coefficient (Wildman–Crippen LogP) is 7.30. The Morgan fingerprint density at radius 2 is 1.29 bits per heavy atom. The summed E-state index contributed by atoms with van der Waals surface area (Å²) in [4.78, 5) is 17.9. The molecule has 0 unspecified atom stereocenters. The van der Waals surface area contributed by atoms with Crippen LogP contribution in [0.15, 0.2) is 115 Å². The van der Waals surface area contributed by atoms with Crippen molar-refractivity contribution >= 4 is 56.6 Å². The number of pyridine rings is 1. The van der Waals surface area contributed by atoms with Crippen molar-refractivity contribution in [2.45, 2.75) is 40.2 Å². The van der Waals surface area contributed by atoms with Gasteiger partial charge in [-0.3, -0.25) is 4.99 Å². The van der Waals surface area contributed by atoms with Crippen LogP contribution in [0.2, 0.25) is 0 Å². The van der Waals surface area contributed by atoms with Crippen LogP contribution in [0.25, 0.3) is 79.1 Å². The van der Waals surface area contributed by atoms with Crippen LogP contribution in [0, 0.1) is 22.7 Å². The van der Waals surface area contributed by atoms with Gasteiger partial charge in [-0.2, -0.15) is 25.5 Å². The van der Waals surface area contributed by atoms with Gasteiger partial charge in [0, 0.05) is 34.4 Å². The van der Waals surface area contributed by atoms with Crippen LogP contribution >= 0.6 is 0 Å². The van der Waals surface area contributed by atoms with Gasteiger partial charge in [-0.25, -0.2) is 0 Å². The SMILES string of the molecule is C=CC=c1c(=CC)c(=CC=C)c(=NCC)n(CCCc2ccc3cc(-c4c5ccccc5c(-c5nc(C#N)nc(C#N)n5)c5ccccc45)ccc3c2)c1=CC. The van der Waals surface area contributed by atoms with Gasteiger partial charge >= 0.3 is 0 Å². The molecule has 0 aliphatic rings. The lowest BCUT2D eigenvalue weighted by molar-refractivity contribution is 0.588. The number of fused-ring (bicyclic) bond motifs is 3. The Morgan fingerprint density at radius 3 is 1.86 bits per heavy atom. The normalized spacial score (nSPS) is 13.1. The fourth-order valence-corrected chi connectivity index (χ4v) is 7.87. The number of aromatic nitrogens is 4. The molecule has 0 bridgehead atoms. The summed E-state index contributed by atoms with van der Waals surface area (Å²) >= 11 is 0. The van der Waals surface area contributed by atoms with Gasteiger partial charge in [0.05, 0.1) is 0 Å². The van der Waals surface area contributed by atoms with E-state index in [4.69, 9.17) is 4.99 Å². The Hall–Kier alpha value is -7.22. The second kappa shape index (κ2) is 16.4. The number of allylic oxidation sites excluding steroid dienone is 2. The molecule has 2 aromatic heterocycles. The van der Waals surface area contributed by atoms with Crippen molar-refractivity contribution < 1.29 is 0 Å². The Bertz CT molecular complexity index is 3050. The zero-order valence-corrected chi connectivity index (χ0v) is 31.9. The van der Waals surface area contributed by atoms with Crippen molar-refractivity contribution in [2.24, 2.45) is 4.99 Å². The molecule has 2 heterocycles. The van der Waals surface area contributed by atoms with Crippen LogP contribution in [0.5, 0.6) is 0 Å². The maximum atomic E-state index is 9.63. The van der Waals surface area contributed by atoms with Gasteiger partial charge in [0.25, 0.3) is 0 Å². The Labute approximate surface area is 325 Å².